The van der Waals surface area contributed by atoms with Crippen molar-refractivity contribution in [1.82, 2.24) is 14.8 Å². The van der Waals surface area contributed by atoms with Gasteiger partial charge in [0.15, 0.2) is 5.82 Å². The predicted molar refractivity (Wildman–Crippen MR) is 58.2 cm³/mol. The van der Waals surface area contributed by atoms with Crippen molar-refractivity contribution < 1.29 is 0 Å². The Morgan fingerprint density at radius 1 is 1.36 bits per heavy atom. The molecule has 2 aromatic rings. The molecule has 2 heterocycles. The second-order valence-electron chi connectivity index (χ2n) is 3.29. The molecule has 0 unspecified atom stereocenters. The number of thiophene rings is 1. The molecule has 2 N–H and O–H groups in total. The first-order valence-corrected chi connectivity index (χ1v) is 5.13. The van der Waals surface area contributed by atoms with E-state index in [0.29, 0.717) is 0 Å². The van der Waals surface area contributed by atoms with E-state index in [1.54, 1.807) is 11.3 Å². The lowest BCUT2D eigenvalue weighted by Crippen LogP contribution is -1.94. The molecule has 4 nitrogen and oxygen atoms in total. The summed E-state index contributed by atoms with van der Waals surface area (Å²) in [6.07, 6.45) is 0. The van der Waals surface area contributed by atoms with E-state index >= 15 is 0 Å². The highest BCUT2D eigenvalue weighted by molar-refractivity contribution is 7.19. The number of hydrogen-bond donors (Lipinski definition) is 1. The van der Waals surface area contributed by atoms with Crippen LogP contribution >= 0.6 is 11.3 Å². The summed E-state index contributed by atoms with van der Waals surface area (Å²) in [5.74, 6) is 1.80. The summed E-state index contributed by atoms with van der Waals surface area (Å²) < 4.78 is 1.97. The van der Waals surface area contributed by atoms with Gasteiger partial charge in [-0.05, 0) is 25.5 Å². The fourth-order valence-electron chi connectivity index (χ4n) is 1.33. The Hall–Kier alpha value is -1.36. The molecule has 0 amide bonds. The lowest BCUT2D eigenvalue weighted by molar-refractivity contribution is 0.866. The summed E-state index contributed by atoms with van der Waals surface area (Å²) in [6.45, 7) is 3.97. The number of rotatable bonds is 1. The lowest BCUT2D eigenvalue weighted by atomic mass is 10.3. The fraction of sp³-hybridized carbons (Fsp3) is 0.333. The predicted octanol–water partition coefficient (Wildman–Crippen LogP) is 1.74. The number of nitrogens with zero attached hydrogens (tertiary/aromatic N) is 3. The summed E-state index contributed by atoms with van der Waals surface area (Å²) in [5, 5.41) is 8.97. The monoisotopic (exact) mass is 208 g/mol. The van der Waals surface area contributed by atoms with Crippen LogP contribution in [0.2, 0.25) is 0 Å². The Balaban J connectivity index is 2.59. The van der Waals surface area contributed by atoms with Gasteiger partial charge >= 0.3 is 0 Å². The van der Waals surface area contributed by atoms with Crippen molar-refractivity contribution in [2.75, 3.05) is 5.73 Å². The van der Waals surface area contributed by atoms with Gasteiger partial charge in [0.1, 0.15) is 5.82 Å². The van der Waals surface area contributed by atoms with E-state index in [-0.39, 0.29) is 0 Å². The third kappa shape index (κ3) is 1.29. The van der Waals surface area contributed by atoms with Gasteiger partial charge in [-0.15, -0.1) is 21.5 Å². The van der Waals surface area contributed by atoms with Gasteiger partial charge in [-0.25, -0.2) is 0 Å². The summed E-state index contributed by atoms with van der Waals surface area (Å²) in [7, 11) is 1.96. The minimum atomic E-state index is 0.818. The van der Waals surface area contributed by atoms with Gasteiger partial charge in [0.25, 0.3) is 0 Å². The molecule has 0 aromatic carbocycles. The Kier molecular flexibility index (Phi) is 2.03. The maximum absolute atomic E-state index is 5.73. The van der Waals surface area contributed by atoms with Crippen molar-refractivity contribution in [3.05, 3.63) is 17.5 Å². The van der Waals surface area contributed by atoms with Crippen LogP contribution in [-0.4, -0.2) is 14.8 Å². The SMILES string of the molecule is Cc1cc(N)sc1-c1nnc(C)n1C. The van der Waals surface area contributed by atoms with Gasteiger partial charge in [-0.2, -0.15) is 0 Å². The minimum Gasteiger partial charge on any atom is -0.391 e. The van der Waals surface area contributed by atoms with E-state index in [2.05, 4.69) is 10.2 Å². The molecular formula is C9H12N4S. The Morgan fingerprint density at radius 3 is 2.50 bits per heavy atom. The topological polar surface area (TPSA) is 56.7 Å². The largest absolute Gasteiger partial charge is 0.391 e. The van der Waals surface area contributed by atoms with Crippen LogP contribution in [0.15, 0.2) is 6.07 Å². The third-order valence-electron chi connectivity index (χ3n) is 2.23. The van der Waals surface area contributed by atoms with Gasteiger partial charge in [0.05, 0.1) is 9.88 Å². The first-order valence-electron chi connectivity index (χ1n) is 4.32. The third-order valence-corrected chi connectivity index (χ3v) is 3.29. The van der Waals surface area contributed by atoms with Crippen LogP contribution in [0.5, 0.6) is 0 Å². The molecule has 0 bridgehead atoms. The molecule has 0 spiro atoms. The molecule has 0 saturated heterocycles. The van der Waals surface area contributed by atoms with Crippen molar-refractivity contribution in [1.29, 1.82) is 0 Å². The van der Waals surface area contributed by atoms with Crippen LogP contribution in [0.25, 0.3) is 10.7 Å². The van der Waals surface area contributed by atoms with Crippen LogP contribution in [0.4, 0.5) is 5.00 Å². The normalized spacial score (nSPS) is 10.8. The van der Waals surface area contributed by atoms with E-state index in [1.165, 1.54) is 0 Å². The number of nitrogens with two attached hydrogens (primary N) is 1. The van der Waals surface area contributed by atoms with E-state index in [4.69, 9.17) is 5.73 Å². The average molecular weight is 208 g/mol. The van der Waals surface area contributed by atoms with Gasteiger partial charge in [0.2, 0.25) is 0 Å². The molecule has 0 aliphatic carbocycles. The zero-order valence-electron chi connectivity index (χ0n) is 8.40. The molecular weight excluding hydrogens is 196 g/mol. The summed E-state index contributed by atoms with van der Waals surface area (Å²) in [4.78, 5) is 1.10. The van der Waals surface area contributed by atoms with Crippen LogP contribution in [-0.2, 0) is 7.05 Å². The van der Waals surface area contributed by atoms with Crippen molar-refractivity contribution in [2.45, 2.75) is 13.8 Å². The standard InChI is InChI=1S/C9H12N4S/c1-5-4-7(10)14-8(5)9-12-11-6(2)13(9)3/h4H,10H2,1-3H3. The molecule has 5 heteroatoms. The van der Waals surface area contributed by atoms with Gasteiger partial charge in [-0.3, -0.25) is 0 Å². The van der Waals surface area contributed by atoms with E-state index < -0.39 is 0 Å². The molecule has 0 saturated carbocycles. The molecule has 74 valence electrons. The highest BCUT2D eigenvalue weighted by atomic mass is 32.1. The number of aryl methyl sites for hydroxylation is 2. The second-order valence-corrected chi connectivity index (χ2v) is 4.37. The van der Waals surface area contributed by atoms with Crippen LogP contribution in [0.3, 0.4) is 0 Å². The highest BCUT2D eigenvalue weighted by Gasteiger charge is 2.12. The molecule has 0 aliphatic rings. The molecule has 14 heavy (non-hydrogen) atoms. The van der Waals surface area contributed by atoms with Crippen molar-refractivity contribution in [3.63, 3.8) is 0 Å². The van der Waals surface area contributed by atoms with Crippen molar-refractivity contribution in [2.24, 2.45) is 7.05 Å². The highest BCUT2D eigenvalue weighted by Crippen LogP contribution is 2.32. The first kappa shape index (κ1) is 9.21. The molecule has 0 radical (unpaired) electrons. The molecule has 2 aromatic heterocycles. The van der Waals surface area contributed by atoms with Gasteiger partial charge in [0, 0.05) is 7.05 Å². The minimum absolute atomic E-state index is 0.818. The van der Waals surface area contributed by atoms with Crippen molar-refractivity contribution in [3.8, 4) is 10.7 Å². The van der Waals surface area contributed by atoms with Crippen LogP contribution in [0.1, 0.15) is 11.4 Å². The van der Waals surface area contributed by atoms with Gasteiger partial charge < -0.3 is 10.3 Å². The van der Waals surface area contributed by atoms with Crippen LogP contribution in [0, 0.1) is 13.8 Å². The summed E-state index contributed by atoms with van der Waals surface area (Å²) in [5.41, 5.74) is 6.89. The first-order chi connectivity index (χ1) is 6.59. The Morgan fingerprint density at radius 2 is 2.07 bits per heavy atom. The number of aromatic nitrogens is 3. The van der Waals surface area contributed by atoms with E-state index in [9.17, 15) is 0 Å². The Labute approximate surface area is 86.4 Å². The maximum atomic E-state index is 5.73. The molecule has 2 rings (SSSR count). The lowest BCUT2D eigenvalue weighted by Gasteiger charge is -1.99. The zero-order valence-corrected chi connectivity index (χ0v) is 9.22. The fourth-order valence-corrected chi connectivity index (χ4v) is 2.29. The number of nitrogen functional groups attached to an aromatic ring is 1. The second kappa shape index (κ2) is 3.09. The summed E-state index contributed by atoms with van der Waals surface area (Å²) in [6, 6.07) is 1.96. The zero-order chi connectivity index (χ0) is 10.3. The van der Waals surface area contributed by atoms with Crippen molar-refractivity contribution >= 4 is 16.3 Å². The number of anilines is 1. The maximum Gasteiger partial charge on any atom is 0.174 e. The molecule has 0 atom stereocenters. The average Bonchev–Trinajstić information content (AvgIpc) is 2.59. The smallest absolute Gasteiger partial charge is 0.174 e. The Bertz CT molecular complexity index is 469. The van der Waals surface area contributed by atoms with E-state index in [0.717, 1.165) is 27.1 Å². The molecule has 0 aliphatic heterocycles. The quantitative estimate of drug-likeness (QED) is 0.776. The summed E-state index contributed by atoms with van der Waals surface area (Å²) >= 11 is 1.55. The molecule has 0 fully saturated rings. The van der Waals surface area contributed by atoms with Crippen LogP contribution < -0.4 is 5.73 Å². The van der Waals surface area contributed by atoms with Gasteiger partial charge in [-0.1, -0.05) is 0 Å². The van der Waals surface area contributed by atoms with E-state index in [1.807, 2.05) is 31.5 Å². The number of hydrogen-bond acceptors (Lipinski definition) is 4.